The van der Waals surface area contributed by atoms with E-state index in [0.29, 0.717) is 16.4 Å². The third-order valence-corrected chi connectivity index (χ3v) is 3.35. The molecule has 0 saturated heterocycles. The second kappa shape index (κ2) is 5.35. The number of benzene rings is 2. The van der Waals surface area contributed by atoms with Crippen LogP contribution in [0.4, 0.5) is 0 Å². The van der Waals surface area contributed by atoms with E-state index in [1.807, 2.05) is 48.5 Å². The number of rotatable bonds is 2. The number of hydrogen-bond acceptors (Lipinski definition) is 2. The van der Waals surface area contributed by atoms with E-state index in [1.165, 1.54) is 0 Å². The van der Waals surface area contributed by atoms with Gasteiger partial charge in [0.1, 0.15) is 5.76 Å². The van der Waals surface area contributed by atoms with Gasteiger partial charge in [0.15, 0.2) is 0 Å². The van der Waals surface area contributed by atoms with Gasteiger partial charge in [0, 0.05) is 5.02 Å². The number of hydrogen-bond donors (Lipinski definition) is 0. The third-order valence-electron chi connectivity index (χ3n) is 3.00. The van der Waals surface area contributed by atoms with E-state index in [-0.39, 0.29) is 5.97 Å². The zero-order valence-corrected chi connectivity index (χ0v) is 11.3. The van der Waals surface area contributed by atoms with Crippen LogP contribution in [0.3, 0.4) is 0 Å². The Morgan fingerprint density at radius 3 is 2.40 bits per heavy atom. The molecule has 2 nitrogen and oxygen atoms in total. The molecule has 0 spiro atoms. The second-order valence-electron chi connectivity index (χ2n) is 4.38. The molecule has 2 aromatic carbocycles. The molecule has 0 bridgehead atoms. The summed E-state index contributed by atoms with van der Waals surface area (Å²) in [6, 6.07) is 16.9. The van der Waals surface area contributed by atoms with E-state index in [1.54, 1.807) is 18.2 Å². The van der Waals surface area contributed by atoms with E-state index >= 15 is 0 Å². The average molecular weight is 283 g/mol. The molecule has 0 fully saturated rings. The lowest BCUT2D eigenvalue weighted by Crippen LogP contribution is -1.97. The van der Waals surface area contributed by atoms with Crippen LogP contribution in [0.2, 0.25) is 5.02 Å². The minimum atomic E-state index is -0.338. The highest BCUT2D eigenvalue weighted by molar-refractivity contribution is 6.32. The van der Waals surface area contributed by atoms with E-state index in [0.717, 1.165) is 11.1 Å². The number of halogens is 1. The summed E-state index contributed by atoms with van der Waals surface area (Å²) in [4.78, 5) is 11.9. The van der Waals surface area contributed by atoms with Gasteiger partial charge in [0.25, 0.3) is 0 Å². The highest BCUT2D eigenvalue weighted by Crippen LogP contribution is 2.28. The summed E-state index contributed by atoms with van der Waals surface area (Å²) >= 11 is 6.09. The molecule has 1 heterocycles. The van der Waals surface area contributed by atoms with E-state index in [9.17, 15) is 4.79 Å². The smallest absolute Gasteiger partial charge is 0.344 e. The summed E-state index contributed by atoms with van der Waals surface area (Å²) in [5, 5.41) is 0.623. The molecular formula is C17H11ClO2. The molecule has 98 valence electrons. The molecule has 3 rings (SSSR count). The van der Waals surface area contributed by atoms with Gasteiger partial charge in [-0.3, -0.25) is 0 Å². The van der Waals surface area contributed by atoms with Gasteiger partial charge in [-0.25, -0.2) is 4.79 Å². The number of cyclic esters (lactones) is 1. The molecule has 0 amide bonds. The Bertz CT molecular complexity index is 715. The SMILES string of the molecule is O=C1OC(=Cc2ccccc2Cl)C=C1c1ccccc1. The Morgan fingerprint density at radius 2 is 1.65 bits per heavy atom. The van der Waals surface area contributed by atoms with Gasteiger partial charge in [-0.1, -0.05) is 60.1 Å². The summed E-state index contributed by atoms with van der Waals surface area (Å²) in [7, 11) is 0. The zero-order chi connectivity index (χ0) is 13.9. The largest absolute Gasteiger partial charge is 0.423 e. The van der Waals surface area contributed by atoms with Gasteiger partial charge in [0.2, 0.25) is 0 Å². The maximum absolute atomic E-state index is 11.9. The molecule has 1 aliphatic heterocycles. The van der Waals surface area contributed by atoms with Crippen LogP contribution in [-0.2, 0) is 9.53 Å². The number of carbonyl (C=O) groups excluding carboxylic acids is 1. The first-order chi connectivity index (χ1) is 9.74. The van der Waals surface area contributed by atoms with E-state index < -0.39 is 0 Å². The summed E-state index contributed by atoms with van der Waals surface area (Å²) in [5.41, 5.74) is 2.23. The molecule has 0 saturated carbocycles. The fourth-order valence-corrected chi connectivity index (χ4v) is 2.22. The van der Waals surface area contributed by atoms with Crippen molar-refractivity contribution >= 4 is 29.2 Å². The highest BCUT2D eigenvalue weighted by Gasteiger charge is 2.22. The standard InChI is InChI=1S/C17H11ClO2/c18-16-9-5-4-8-13(16)10-14-11-15(17(19)20-14)12-6-2-1-3-7-12/h1-11H. The number of allylic oxidation sites excluding steroid dienone is 1. The Hall–Kier alpha value is -2.32. The molecule has 0 N–H and O–H groups in total. The predicted octanol–water partition coefficient (Wildman–Crippen LogP) is 4.32. The summed E-state index contributed by atoms with van der Waals surface area (Å²) < 4.78 is 5.26. The maximum Gasteiger partial charge on any atom is 0.344 e. The van der Waals surface area contributed by atoms with Crippen LogP contribution in [0.5, 0.6) is 0 Å². The lowest BCUT2D eigenvalue weighted by atomic mass is 10.1. The fraction of sp³-hybridized carbons (Fsp3) is 0. The Kier molecular flexibility index (Phi) is 3.40. The first kappa shape index (κ1) is 12.7. The first-order valence-electron chi connectivity index (χ1n) is 6.19. The first-order valence-corrected chi connectivity index (χ1v) is 6.57. The molecule has 0 atom stereocenters. The van der Waals surface area contributed by atoms with Crippen molar-refractivity contribution in [3.8, 4) is 0 Å². The van der Waals surface area contributed by atoms with Crippen LogP contribution >= 0.6 is 11.6 Å². The van der Waals surface area contributed by atoms with Crippen molar-refractivity contribution in [1.82, 2.24) is 0 Å². The van der Waals surface area contributed by atoms with Gasteiger partial charge >= 0.3 is 5.97 Å². The van der Waals surface area contributed by atoms with Gasteiger partial charge in [0.05, 0.1) is 5.57 Å². The quantitative estimate of drug-likeness (QED) is 0.767. The summed E-state index contributed by atoms with van der Waals surface area (Å²) in [6.07, 6.45) is 3.50. The van der Waals surface area contributed by atoms with Crippen molar-refractivity contribution in [2.45, 2.75) is 0 Å². The van der Waals surface area contributed by atoms with Crippen molar-refractivity contribution in [3.63, 3.8) is 0 Å². The summed E-state index contributed by atoms with van der Waals surface area (Å²) in [6.45, 7) is 0. The van der Waals surface area contributed by atoms with E-state index in [2.05, 4.69) is 0 Å². The van der Waals surface area contributed by atoms with Gasteiger partial charge < -0.3 is 4.74 Å². The van der Waals surface area contributed by atoms with Gasteiger partial charge in [-0.2, -0.15) is 0 Å². The molecule has 20 heavy (non-hydrogen) atoms. The lowest BCUT2D eigenvalue weighted by Gasteiger charge is -1.99. The van der Waals surface area contributed by atoms with E-state index in [4.69, 9.17) is 16.3 Å². The monoisotopic (exact) mass is 282 g/mol. The van der Waals surface area contributed by atoms with Crippen molar-refractivity contribution in [1.29, 1.82) is 0 Å². The van der Waals surface area contributed by atoms with Gasteiger partial charge in [-0.05, 0) is 29.3 Å². The number of carbonyl (C=O) groups is 1. The molecule has 2 aromatic rings. The average Bonchev–Trinajstić information content (AvgIpc) is 2.83. The van der Waals surface area contributed by atoms with Gasteiger partial charge in [-0.15, -0.1) is 0 Å². The van der Waals surface area contributed by atoms with Crippen LogP contribution in [-0.4, -0.2) is 5.97 Å². The molecule has 0 aliphatic carbocycles. The van der Waals surface area contributed by atoms with Crippen molar-refractivity contribution < 1.29 is 9.53 Å². The van der Waals surface area contributed by atoms with Crippen molar-refractivity contribution in [2.75, 3.05) is 0 Å². The van der Waals surface area contributed by atoms with Crippen molar-refractivity contribution in [2.24, 2.45) is 0 Å². The van der Waals surface area contributed by atoms with Crippen LogP contribution in [0.25, 0.3) is 11.6 Å². The lowest BCUT2D eigenvalue weighted by molar-refractivity contribution is -0.131. The van der Waals surface area contributed by atoms with Crippen LogP contribution in [0.15, 0.2) is 66.4 Å². The molecule has 0 aromatic heterocycles. The highest BCUT2D eigenvalue weighted by atomic mass is 35.5. The second-order valence-corrected chi connectivity index (χ2v) is 4.79. The van der Waals surface area contributed by atoms with Crippen LogP contribution in [0, 0.1) is 0 Å². The zero-order valence-electron chi connectivity index (χ0n) is 10.5. The molecule has 1 aliphatic rings. The molecule has 0 unspecified atom stereocenters. The Balaban J connectivity index is 1.97. The normalized spacial score (nSPS) is 16.1. The number of esters is 1. The topological polar surface area (TPSA) is 26.3 Å². The minimum absolute atomic E-state index is 0.338. The Morgan fingerprint density at radius 1 is 0.950 bits per heavy atom. The number of ether oxygens (including phenoxy) is 1. The van der Waals surface area contributed by atoms with Crippen LogP contribution < -0.4 is 0 Å². The van der Waals surface area contributed by atoms with Crippen molar-refractivity contribution in [3.05, 3.63) is 82.6 Å². The van der Waals surface area contributed by atoms with Crippen LogP contribution in [0.1, 0.15) is 11.1 Å². The Labute approximate surface area is 122 Å². The predicted molar refractivity (Wildman–Crippen MR) is 79.9 cm³/mol. The minimum Gasteiger partial charge on any atom is -0.423 e. The molecule has 3 heteroatoms. The fourth-order valence-electron chi connectivity index (χ4n) is 2.03. The molecular weight excluding hydrogens is 272 g/mol. The summed E-state index contributed by atoms with van der Waals surface area (Å²) in [5.74, 6) is 0.163. The molecule has 0 radical (unpaired) electrons. The third kappa shape index (κ3) is 2.51. The maximum atomic E-state index is 11.9.